The zero-order valence-corrected chi connectivity index (χ0v) is 11.0. The maximum absolute atomic E-state index is 12.0. The maximum atomic E-state index is 12.0. The largest absolute Gasteiger partial charge is 0.381 e. The number of hydrogen-bond donors (Lipinski definition) is 1. The van der Waals surface area contributed by atoms with Gasteiger partial charge in [0.1, 0.15) is 0 Å². The minimum atomic E-state index is -0.237. The zero-order chi connectivity index (χ0) is 12.0. The van der Waals surface area contributed by atoms with Crippen molar-refractivity contribution in [2.24, 2.45) is 5.92 Å². The van der Waals surface area contributed by atoms with E-state index in [0.717, 1.165) is 25.7 Å². The molecule has 1 saturated heterocycles. The van der Waals surface area contributed by atoms with Crippen LogP contribution in [0.15, 0.2) is 0 Å². The number of nitrogens with one attached hydrogen (secondary N) is 1. The van der Waals surface area contributed by atoms with Crippen LogP contribution in [0.25, 0.3) is 0 Å². The van der Waals surface area contributed by atoms with Gasteiger partial charge in [0.2, 0.25) is 5.91 Å². The van der Waals surface area contributed by atoms with E-state index in [-0.39, 0.29) is 17.4 Å². The van der Waals surface area contributed by atoms with Gasteiger partial charge in [-0.05, 0) is 25.7 Å². The fourth-order valence-electron chi connectivity index (χ4n) is 2.08. The predicted molar refractivity (Wildman–Crippen MR) is 65.7 cm³/mol. The van der Waals surface area contributed by atoms with E-state index in [4.69, 9.17) is 16.3 Å². The summed E-state index contributed by atoms with van der Waals surface area (Å²) in [6, 6.07) is 0. The summed E-state index contributed by atoms with van der Waals surface area (Å²) < 4.78 is 5.31. The highest BCUT2D eigenvalue weighted by atomic mass is 35.5. The van der Waals surface area contributed by atoms with Crippen molar-refractivity contribution >= 4 is 17.5 Å². The van der Waals surface area contributed by atoms with Gasteiger partial charge in [0.15, 0.2) is 0 Å². The second-order valence-electron chi connectivity index (χ2n) is 4.53. The molecular weight excluding hydrogens is 226 g/mol. The van der Waals surface area contributed by atoms with Crippen LogP contribution >= 0.6 is 11.6 Å². The Morgan fingerprint density at radius 3 is 2.38 bits per heavy atom. The van der Waals surface area contributed by atoms with Gasteiger partial charge in [-0.15, -0.1) is 11.6 Å². The first kappa shape index (κ1) is 13.8. The molecule has 0 aromatic heterocycles. The highest BCUT2D eigenvalue weighted by Crippen LogP contribution is 2.23. The summed E-state index contributed by atoms with van der Waals surface area (Å²) in [6.07, 6.45) is 3.42. The minimum absolute atomic E-state index is 0.114. The topological polar surface area (TPSA) is 38.3 Å². The Morgan fingerprint density at radius 2 is 1.94 bits per heavy atom. The van der Waals surface area contributed by atoms with Crippen LogP contribution in [0.2, 0.25) is 0 Å². The molecule has 0 radical (unpaired) electrons. The van der Waals surface area contributed by atoms with Crippen LogP contribution in [-0.4, -0.2) is 30.5 Å². The van der Waals surface area contributed by atoms with Gasteiger partial charge >= 0.3 is 0 Å². The summed E-state index contributed by atoms with van der Waals surface area (Å²) in [6.45, 7) is 5.47. The molecule has 1 N–H and O–H groups in total. The lowest BCUT2D eigenvalue weighted by atomic mass is 9.90. The smallest absolute Gasteiger partial charge is 0.223 e. The number of hydrogen-bond acceptors (Lipinski definition) is 2. The summed E-state index contributed by atoms with van der Waals surface area (Å²) >= 11 is 6.00. The van der Waals surface area contributed by atoms with E-state index >= 15 is 0 Å². The molecule has 1 amide bonds. The van der Waals surface area contributed by atoms with Crippen molar-refractivity contribution in [3.8, 4) is 0 Å². The Kier molecular flexibility index (Phi) is 5.56. The Balaban J connectivity index is 2.57. The van der Waals surface area contributed by atoms with Crippen LogP contribution in [0.1, 0.15) is 39.5 Å². The molecule has 1 fully saturated rings. The van der Waals surface area contributed by atoms with E-state index in [2.05, 4.69) is 5.32 Å². The van der Waals surface area contributed by atoms with Crippen LogP contribution in [0.5, 0.6) is 0 Å². The highest BCUT2D eigenvalue weighted by molar-refractivity contribution is 6.18. The van der Waals surface area contributed by atoms with Crippen LogP contribution in [0, 0.1) is 5.92 Å². The molecule has 0 atom stereocenters. The van der Waals surface area contributed by atoms with E-state index in [1.807, 2.05) is 13.8 Å². The molecule has 1 rings (SSSR count). The van der Waals surface area contributed by atoms with E-state index < -0.39 is 0 Å². The SMILES string of the molecule is CCC(CC)C(=O)NC1(CCl)CCOCC1. The fourth-order valence-corrected chi connectivity index (χ4v) is 2.41. The van der Waals surface area contributed by atoms with E-state index in [0.29, 0.717) is 19.1 Å². The summed E-state index contributed by atoms with van der Waals surface area (Å²) in [5.41, 5.74) is -0.237. The van der Waals surface area contributed by atoms with E-state index in [1.165, 1.54) is 0 Å². The summed E-state index contributed by atoms with van der Waals surface area (Å²) in [7, 11) is 0. The Labute approximate surface area is 103 Å². The molecule has 0 bridgehead atoms. The number of carbonyl (C=O) groups is 1. The molecule has 0 saturated carbocycles. The third-order valence-electron chi connectivity index (χ3n) is 3.45. The van der Waals surface area contributed by atoms with Gasteiger partial charge in [0, 0.05) is 25.0 Å². The average Bonchev–Trinajstić information content (AvgIpc) is 2.32. The van der Waals surface area contributed by atoms with E-state index in [1.54, 1.807) is 0 Å². The first-order chi connectivity index (χ1) is 7.67. The van der Waals surface area contributed by atoms with Gasteiger partial charge < -0.3 is 10.1 Å². The molecule has 0 aromatic carbocycles. The average molecular weight is 248 g/mol. The monoisotopic (exact) mass is 247 g/mol. The van der Waals surface area contributed by atoms with Crippen molar-refractivity contribution in [3.63, 3.8) is 0 Å². The molecule has 0 spiro atoms. The van der Waals surface area contributed by atoms with Gasteiger partial charge in [0.05, 0.1) is 5.54 Å². The molecule has 94 valence electrons. The van der Waals surface area contributed by atoms with Crippen LogP contribution in [0.4, 0.5) is 0 Å². The third-order valence-corrected chi connectivity index (χ3v) is 3.96. The van der Waals surface area contributed by atoms with Gasteiger partial charge in [-0.25, -0.2) is 0 Å². The zero-order valence-electron chi connectivity index (χ0n) is 10.2. The van der Waals surface area contributed by atoms with Crippen LogP contribution < -0.4 is 5.32 Å². The number of alkyl halides is 1. The Morgan fingerprint density at radius 1 is 1.38 bits per heavy atom. The lowest BCUT2D eigenvalue weighted by molar-refractivity contribution is -0.128. The first-order valence-electron chi connectivity index (χ1n) is 6.13. The number of rotatable bonds is 5. The first-order valence-corrected chi connectivity index (χ1v) is 6.66. The summed E-state index contributed by atoms with van der Waals surface area (Å²) in [4.78, 5) is 12.0. The van der Waals surface area contributed by atoms with Gasteiger partial charge in [0.25, 0.3) is 0 Å². The van der Waals surface area contributed by atoms with Crippen molar-refractivity contribution in [1.82, 2.24) is 5.32 Å². The molecule has 1 heterocycles. The molecule has 1 aliphatic heterocycles. The number of amides is 1. The highest BCUT2D eigenvalue weighted by Gasteiger charge is 2.34. The molecular formula is C12H22ClNO2. The predicted octanol–water partition coefficient (Wildman–Crippen LogP) is 2.33. The lowest BCUT2D eigenvalue weighted by Gasteiger charge is -2.37. The molecule has 4 heteroatoms. The summed E-state index contributed by atoms with van der Waals surface area (Å²) in [5.74, 6) is 0.734. The molecule has 0 unspecified atom stereocenters. The number of ether oxygens (including phenoxy) is 1. The molecule has 3 nitrogen and oxygen atoms in total. The lowest BCUT2D eigenvalue weighted by Crippen LogP contribution is -2.54. The molecule has 16 heavy (non-hydrogen) atoms. The molecule has 1 aliphatic rings. The van der Waals surface area contributed by atoms with Gasteiger partial charge in [-0.1, -0.05) is 13.8 Å². The Bertz CT molecular complexity index is 223. The summed E-state index contributed by atoms with van der Waals surface area (Å²) in [5, 5.41) is 3.13. The quantitative estimate of drug-likeness (QED) is 0.758. The fraction of sp³-hybridized carbons (Fsp3) is 0.917. The van der Waals surface area contributed by atoms with Gasteiger partial charge in [-0.3, -0.25) is 4.79 Å². The maximum Gasteiger partial charge on any atom is 0.223 e. The third kappa shape index (κ3) is 3.36. The second kappa shape index (κ2) is 6.45. The van der Waals surface area contributed by atoms with Crippen molar-refractivity contribution in [3.05, 3.63) is 0 Å². The standard InChI is InChI=1S/C12H22ClNO2/c1-3-10(4-2)11(15)14-12(9-13)5-7-16-8-6-12/h10H,3-9H2,1-2H3,(H,14,15). The van der Waals surface area contributed by atoms with Gasteiger partial charge in [-0.2, -0.15) is 0 Å². The van der Waals surface area contributed by atoms with Crippen LogP contribution in [-0.2, 0) is 9.53 Å². The minimum Gasteiger partial charge on any atom is -0.381 e. The van der Waals surface area contributed by atoms with Crippen molar-refractivity contribution in [2.75, 3.05) is 19.1 Å². The second-order valence-corrected chi connectivity index (χ2v) is 4.80. The normalized spacial score (nSPS) is 19.8. The molecule has 0 aromatic rings. The molecule has 0 aliphatic carbocycles. The van der Waals surface area contributed by atoms with Crippen molar-refractivity contribution in [1.29, 1.82) is 0 Å². The van der Waals surface area contributed by atoms with Crippen LogP contribution in [0.3, 0.4) is 0 Å². The van der Waals surface area contributed by atoms with E-state index in [9.17, 15) is 4.79 Å². The Hall–Kier alpha value is -0.280. The number of carbonyl (C=O) groups excluding carboxylic acids is 1. The number of halogens is 1. The van der Waals surface area contributed by atoms with Crippen molar-refractivity contribution < 1.29 is 9.53 Å². The van der Waals surface area contributed by atoms with Crippen molar-refractivity contribution in [2.45, 2.75) is 45.1 Å².